The molecular formula is C14H22O2Si. The summed E-state index contributed by atoms with van der Waals surface area (Å²) in [6.07, 6.45) is 0. The van der Waals surface area contributed by atoms with Gasteiger partial charge in [0.05, 0.1) is 0 Å². The first-order chi connectivity index (χ1) is 7.80. The number of hydrogen-bond donors (Lipinski definition) is 0. The predicted octanol–water partition coefficient (Wildman–Crippen LogP) is 3.95. The molecule has 0 aliphatic rings. The molecule has 94 valence electrons. The molecule has 1 unspecified atom stereocenters. The van der Waals surface area contributed by atoms with Crippen molar-refractivity contribution in [2.24, 2.45) is 0 Å². The van der Waals surface area contributed by atoms with Crippen molar-refractivity contribution in [3.05, 3.63) is 35.9 Å². The second-order valence-corrected chi connectivity index (χ2v) is 11.5. The van der Waals surface area contributed by atoms with E-state index in [1.54, 1.807) is 0 Å². The van der Waals surface area contributed by atoms with E-state index in [2.05, 4.69) is 33.9 Å². The van der Waals surface area contributed by atoms with Gasteiger partial charge in [0.1, 0.15) is 13.8 Å². The summed E-state index contributed by atoms with van der Waals surface area (Å²) in [6.45, 7) is 11.8. The molecule has 0 N–H and O–H groups in total. The largest absolute Gasteiger partial charge is 0.464 e. The van der Waals surface area contributed by atoms with E-state index >= 15 is 0 Å². The highest BCUT2D eigenvalue weighted by Gasteiger charge is 2.44. The topological polar surface area (TPSA) is 26.3 Å². The summed E-state index contributed by atoms with van der Waals surface area (Å²) in [5, 5.41) is 0.177. The van der Waals surface area contributed by atoms with Gasteiger partial charge in [-0.1, -0.05) is 64.2 Å². The molecule has 17 heavy (non-hydrogen) atoms. The van der Waals surface area contributed by atoms with E-state index < -0.39 is 8.07 Å². The van der Waals surface area contributed by atoms with Crippen LogP contribution in [-0.2, 0) is 9.53 Å². The Kier molecular flexibility index (Phi) is 4.15. The van der Waals surface area contributed by atoms with Crippen LogP contribution in [0.4, 0.5) is 0 Å². The van der Waals surface area contributed by atoms with Gasteiger partial charge in [0.25, 0.3) is 6.47 Å². The van der Waals surface area contributed by atoms with Crippen LogP contribution in [0.15, 0.2) is 30.3 Å². The maximum Gasteiger partial charge on any atom is 0.293 e. The van der Waals surface area contributed by atoms with Crippen molar-refractivity contribution in [1.29, 1.82) is 0 Å². The van der Waals surface area contributed by atoms with Gasteiger partial charge in [-0.2, -0.15) is 0 Å². The lowest BCUT2D eigenvalue weighted by atomic mass is 10.2. The fourth-order valence-corrected chi connectivity index (χ4v) is 3.95. The Hall–Kier alpha value is -1.09. The van der Waals surface area contributed by atoms with Gasteiger partial charge in [-0.05, 0) is 10.6 Å². The minimum Gasteiger partial charge on any atom is -0.464 e. The van der Waals surface area contributed by atoms with E-state index in [0.29, 0.717) is 6.47 Å². The smallest absolute Gasteiger partial charge is 0.293 e. The van der Waals surface area contributed by atoms with Crippen molar-refractivity contribution >= 4 is 14.5 Å². The van der Waals surface area contributed by atoms with Crippen molar-refractivity contribution in [1.82, 2.24) is 0 Å². The molecule has 0 radical (unpaired) electrons. The Morgan fingerprint density at radius 1 is 1.18 bits per heavy atom. The standard InChI is InChI=1S/C14H22O2Si/c1-14(2,3)17(4,5)13(16-11-15)12-9-7-6-8-10-12/h6-11,13H,1-5H3. The summed E-state index contributed by atoms with van der Waals surface area (Å²) in [7, 11) is -1.75. The van der Waals surface area contributed by atoms with E-state index in [4.69, 9.17) is 4.74 Å². The van der Waals surface area contributed by atoms with Crippen molar-refractivity contribution in [3.8, 4) is 0 Å². The van der Waals surface area contributed by atoms with Crippen LogP contribution in [0, 0.1) is 0 Å². The number of carbonyl (C=O) groups is 1. The minimum atomic E-state index is -1.75. The third kappa shape index (κ3) is 2.97. The lowest BCUT2D eigenvalue weighted by molar-refractivity contribution is -0.131. The number of benzene rings is 1. The maximum atomic E-state index is 10.8. The quantitative estimate of drug-likeness (QED) is 0.597. The molecule has 1 aromatic rings. The van der Waals surface area contributed by atoms with E-state index in [-0.39, 0.29) is 10.8 Å². The average molecular weight is 250 g/mol. The van der Waals surface area contributed by atoms with Crippen LogP contribution in [0.1, 0.15) is 32.1 Å². The summed E-state index contributed by atoms with van der Waals surface area (Å²) in [5.41, 5.74) is 1.02. The van der Waals surface area contributed by atoms with Gasteiger partial charge in [0.15, 0.2) is 0 Å². The van der Waals surface area contributed by atoms with Crippen LogP contribution in [0.5, 0.6) is 0 Å². The number of ether oxygens (including phenoxy) is 1. The van der Waals surface area contributed by atoms with Gasteiger partial charge in [0, 0.05) is 0 Å². The fourth-order valence-electron chi connectivity index (χ4n) is 1.74. The third-order valence-electron chi connectivity index (χ3n) is 3.88. The monoisotopic (exact) mass is 250 g/mol. The second-order valence-electron chi connectivity index (χ2n) is 5.99. The van der Waals surface area contributed by atoms with Crippen LogP contribution in [0.3, 0.4) is 0 Å². The van der Waals surface area contributed by atoms with Gasteiger partial charge < -0.3 is 4.74 Å². The van der Waals surface area contributed by atoms with Crippen LogP contribution in [0.2, 0.25) is 18.1 Å². The summed E-state index contributed by atoms with van der Waals surface area (Å²) in [4.78, 5) is 10.8. The van der Waals surface area contributed by atoms with Crippen molar-refractivity contribution < 1.29 is 9.53 Å². The first-order valence-electron chi connectivity index (χ1n) is 5.95. The van der Waals surface area contributed by atoms with Gasteiger partial charge in [0.2, 0.25) is 0 Å². The van der Waals surface area contributed by atoms with Crippen LogP contribution in [0.25, 0.3) is 0 Å². The summed E-state index contributed by atoms with van der Waals surface area (Å²) in [5.74, 6) is 0. The SMILES string of the molecule is CC(C)(C)[Si](C)(C)C(OC=O)c1ccccc1. The highest BCUT2D eigenvalue weighted by molar-refractivity contribution is 6.81. The fraction of sp³-hybridized carbons (Fsp3) is 0.500. The normalized spacial score (nSPS) is 14.2. The number of rotatable bonds is 4. The van der Waals surface area contributed by atoms with Crippen molar-refractivity contribution in [2.45, 2.75) is 44.6 Å². The van der Waals surface area contributed by atoms with Gasteiger partial charge in [-0.3, -0.25) is 4.79 Å². The third-order valence-corrected chi connectivity index (χ3v) is 9.53. The summed E-state index contributed by atoms with van der Waals surface area (Å²) < 4.78 is 5.40. The first kappa shape index (κ1) is 14.0. The van der Waals surface area contributed by atoms with E-state index in [1.807, 2.05) is 30.3 Å². The zero-order chi connectivity index (χ0) is 13.1. The maximum absolute atomic E-state index is 10.8. The predicted molar refractivity (Wildman–Crippen MR) is 73.5 cm³/mol. The molecule has 0 amide bonds. The Labute approximate surface area is 105 Å². The molecule has 0 saturated heterocycles. The summed E-state index contributed by atoms with van der Waals surface area (Å²) in [6, 6.07) is 10.0. The van der Waals surface area contributed by atoms with Crippen molar-refractivity contribution in [3.63, 3.8) is 0 Å². The van der Waals surface area contributed by atoms with Crippen LogP contribution >= 0.6 is 0 Å². The van der Waals surface area contributed by atoms with Gasteiger partial charge in [-0.15, -0.1) is 0 Å². The molecule has 3 heteroatoms. The Bertz CT molecular complexity index is 366. The lowest BCUT2D eigenvalue weighted by Crippen LogP contribution is -2.45. The Morgan fingerprint density at radius 2 is 1.71 bits per heavy atom. The molecule has 1 aromatic carbocycles. The van der Waals surface area contributed by atoms with Gasteiger partial charge >= 0.3 is 0 Å². The van der Waals surface area contributed by atoms with E-state index in [9.17, 15) is 4.79 Å². The molecule has 0 aliphatic heterocycles. The Balaban J connectivity index is 3.14. The van der Waals surface area contributed by atoms with Crippen LogP contribution < -0.4 is 0 Å². The van der Waals surface area contributed by atoms with Crippen molar-refractivity contribution in [2.75, 3.05) is 0 Å². The molecule has 0 fully saturated rings. The molecule has 1 rings (SSSR count). The van der Waals surface area contributed by atoms with E-state index in [0.717, 1.165) is 5.56 Å². The Morgan fingerprint density at radius 3 is 2.12 bits per heavy atom. The molecule has 0 heterocycles. The number of carbonyl (C=O) groups excluding carboxylic acids is 1. The second kappa shape index (κ2) is 5.04. The lowest BCUT2D eigenvalue weighted by Gasteiger charge is -2.41. The van der Waals surface area contributed by atoms with E-state index in [1.165, 1.54) is 0 Å². The number of hydrogen-bond acceptors (Lipinski definition) is 2. The molecule has 0 spiro atoms. The molecule has 0 aromatic heterocycles. The highest BCUT2D eigenvalue weighted by Crippen LogP contribution is 2.44. The molecule has 0 bridgehead atoms. The average Bonchev–Trinajstić information content (AvgIpc) is 2.25. The minimum absolute atomic E-state index is 0.0822. The summed E-state index contributed by atoms with van der Waals surface area (Å²) >= 11 is 0. The molecule has 1 atom stereocenters. The molecule has 0 aliphatic carbocycles. The molecule has 0 saturated carbocycles. The van der Waals surface area contributed by atoms with Crippen LogP contribution in [-0.4, -0.2) is 14.5 Å². The first-order valence-corrected chi connectivity index (χ1v) is 9.02. The zero-order valence-corrected chi connectivity index (χ0v) is 12.4. The highest BCUT2D eigenvalue weighted by atomic mass is 28.3. The molecular weight excluding hydrogens is 228 g/mol. The van der Waals surface area contributed by atoms with Gasteiger partial charge in [-0.25, -0.2) is 0 Å². The molecule has 2 nitrogen and oxygen atoms in total. The zero-order valence-electron chi connectivity index (χ0n) is 11.4.